The number of benzene rings is 1. The van der Waals surface area contributed by atoms with Crippen LogP contribution < -0.4 is 5.32 Å². The van der Waals surface area contributed by atoms with E-state index in [9.17, 15) is 13.2 Å². The van der Waals surface area contributed by atoms with Crippen molar-refractivity contribution in [2.24, 2.45) is 0 Å². The highest BCUT2D eigenvalue weighted by molar-refractivity contribution is 6.31. The highest BCUT2D eigenvalue weighted by Gasteiger charge is 2.31. The number of nitrogens with zero attached hydrogens (tertiary/aromatic N) is 3. The molecular weight excluding hydrogens is 293 g/mol. The van der Waals surface area contributed by atoms with Crippen molar-refractivity contribution in [2.45, 2.75) is 6.18 Å². The minimum absolute atomic E-state index is 0.0134. The molecule has 0 spiro atoms. The van der Waals surface area contributed by atoms with Crippen LogP contribution in [-0.2, 0) is 6.18 Å². The SMILES string of the molecule is N#Cc1ccnc(Nc2cc(Cl)cc(C(F)(F)F)c2)n1. The Morgan fingerprint density at radius 2 is 2.00 bits per heavy atom. The predicted molar refractivity (Wildman–Crippen MR) is 66.5 cm³/mol. The molecule has 0 radical (unpaired) electrons. The number of nitrogens with one attached hydrogen (secondary N) is 1. The van der Waals surface area contributed by atoms with Crippen molar-refractivity contribution in [3.8, 4) is 6.07 Å². The molecule has 0 amide bonds. The molecule has 0 aliphatic heterocycles. The Hall–Kier alpha value is -2.33. The van der Waals surface area contributed by atoms with Crippen molar-refractivity contribution in [3.63, 3.8) is 0 Å². The van der Waals surface area contributed by atoms with E-state index < -0.39 is 11.7 Å². The van der Waals surface area contributed by atoms with E-state index in [1.54, 1.807) is 6.07 Å². The van der Waals surface area contributed by atoms with Gasteiger partial charge in [0.1, 0.15) is 11.8 Å². The molecule has 1 aromatic carbocycles. The van der Waals surface area contributed by atoms with Crippen LogP contribution in [-0.4, -0.2) is 9.97 Å². The number of aromatic nitrogens is 2. The first-order chi connectivity index (χ1) is 9.38. The van der Waals surface area contributed by atoms with Gasteiger partial charge in [-0.25, -0.2) is 9.97 Å². The van der Waals surface area contributed by atoms with Gasteiger partial charge >= 0.3 is 6.18 Å². The number of rotatable bonds is 2. The van der Waals surface area contributed by atoms with E-state index in [1.165, 1.54) is 18.3 Å². The molecule has 0 aliphatic rings. The van der Waals surface area contributed by atoms with Gasteiger partial charge in [0, 0.05) is 16.9 Å². The third kappa shape index (κ3) is 3.36. The molecule has 2 rings (SSSR count). The topological polar surface area (TPSA) is 61.6 Å². The van der Waals surface area contributed by atoms with E-state index in [1.807, 2.05) is 0 Å². The zero-order chi connectivity index (χ0) is 14.8. The van der Waals surface area contributed by atoms with Gasteiger partial charge in [0.2, 0.25) is 5.95 Å². The van der Waals surface area contributed by atoms with Gasteiger partial charge < -0.3 is 5.32 Å². The van der Waals surface area contributed by atoms with Gasteiger partial charge in [-0.3, -0.25) is 0 Å². The van der Waals surface area contributed by atoms with Crippen LogP contribution in [0.1, 0.15) is 11.3 Å². The largest absolute Gasteiger partial charge is 0.416 e. The second-order valence-corrected chi connectivity index (χ2v) is 4.17. The molecule has 0 aliphatic carbocycles. The molecule has 0 bridgehead atoms. The normalized spacial score (nSPS) is 10.9. The summed E-state index contributed by atoms with van der Waals surface area (Å²) in [6, 6.07) is 6.19. The molecule has 1 N–H and O–H groups in total. The molecule has 0 saturated carbocycles. The molecule has 0 atom stereocenters. The van der Waals surface area contributed by atoms with Gasteiger partial charge in [-0.15, -0.1) is 0 Å². The Morgan fingerprint density at radius 1 is 1.25 bits per heavy atom. The van der Waals surface area contributed by atoms with Crippen LogP contribution in [0.2, 0.25) is 5.02 Å². The summed E-state index contributed by atoms with van der Waals surface area (Å²) in [6.45, 7) is 0. The zero-order valence-electron chi connectivity index (χ0n) is 9.74. The van der Waals surface area contributed by atoms with Gasteiger partial charge in [0.25, 0.3) is 0 Å². The second kappa shape index (κ2) is 5.35. The van der Waals surface area contributed by atoms with Crippen molar-refractivity contribution in [3.05, 3.63) is 46.7 Å². The zero-order valence-corrected chi connectivity index (χ0v) is 10.5. The fourth-order valence-electron chi connectivity index (χ4n) is 1.44. The Balaban J connectivity index is 2.34. The Bertz CT molecular complexity index is 679. The summed E-state index contributed by atoms with van der Waals surface area (Å²) in [5, 5.41) is 11.2. The third-order valence-corrected chi connectivity index (χ3v) is 2.47. The maximum absolute atomic E-state index is 12.6. The molecule has 1 heterocycles. The molecule has 8 heteroatoms. The molecule has 4 nitrogen and oxygen atoms in total. The van der Waals surface area contributed by atoms with E-state index >= 15 is 0 Å². The number of hydrogen-bond acceptors (Lipinski definition) is 4. The Labute approximate surface area is 116 Å². The average molecular weight is 299 g/mol. The number of anilines is 2. The lowest BCUT2D eigenvalue weighted by Gasteiger charge is -2.10. The van der Waals surface area contributed by atoms with Gasteiger partial charge in [-0.1, -0.05) is 11.6 Å². The first-order valence-electron chi connectivity index (χ1n) is 5.26. The average Bonchev–Trinajstić information content (AvgIpc) is 2.37. The van der Waals surface area contributed by atoms with Crippen LogP contribution in [0, 0.1) is 11.3 Å². The monoisotopic (exact) mass is 298 g/mol. The predicted octanol–water partition coefficient (Wildman–Crippen LogP) is 3.76. The fraction of sp³-hybridized carbons (Fsp3) is 0.0833. The summed E-state index contributed by atoms with van der Waals surface area (Å²) in [5.41, 5.74) is -0.704. The number of hydrogen-bond donors (Lipinski definition) is 1. The van der Waals surface area contributed by atoms with Crippen LogP contribution in [0.3, 0.4) is 0 Å². The Morgan fingerprint density at radius 3 is 2.65 bits per heavy atom. The first kappa shape index (κ1) is 14.1. The number of nitriles is 1. The van der Waals surface area contributed by atoms with E-state index in [-0.39, 0.29) is 22.4 Å². The minimum Gasteiger partial charge on any atom is -0.324 e. The summed E-state index contributed by atoms with van der Waals surface area (Å²) >= 11 is 5.65. The second-order valence-electron chi connectivity index (χ2n) is 3.73. The smallest absolute Gasteiger partial charge is 0.324 e. The highest BCUT2D eigenvalue weighted by atomic mass is 35.5. The van der Waals surface area contributed by atoms with Gasteiger partial charge in [0.15, 0.2) is 0 Å². The van der Waals surface area contributed by atoms with E-state index in [0.29, 0.717) is 0 Å². The van der Waals surface area contributed by atoms with Gasteiger partial charge in [-0.2, -0.15) is 18.4 Å². The first-order valence-corrected chi connectivity index (χ1v) is 5.64. The van der Waals surface area contributed by atoms with Crippen molar-refractivity contribution in [2.75, 3.05) is 5.32 Å². The van der Waals surface area contributed by atoms with E-state index in [2.05, 4.69) is 15.3 Å². The van der Waals surface area contributed by atoms with Gasteiger partial charge in [-0.05, 0) is 24.3 Å². The molecule has 1 aromatic heterocycles. The summed E-state index contributed by atoms with van der Waals surface area (Å²) in [6.07, 6.45) is -3.18. The third-order valence-electron chi connectivity index (χ3n) is 2.25. The van der Waals surface area contributed by atoms with Crippen molar-refractivity contribution in [1.82, 2.24) is 9.97 Å². The summed E-state index contributed by atoms with van der Waals surface area (Å²) in [4.78, 5) is 7.61. The molecular formula is C12H6ClF3N4. The highest BCUT2D eigenvalue weighted by Crippen LogP contribution is 2.33. The van der Waals surface area contributed by atoms with E-state index in [0.717, 1.165) is 12.1 Å². The van der Waals surface area contributed by atoms with Crippen LogP contribution >= 0.6 is 11.6 Å². The summed E-state index contributed by atoms with van der Waals surface area (Å²) in [5.74, 6) is 0.0134. The van der Waals surface area contributed by atoms with Crippen molar-refractivity contribution in [1.29, 1.82) is 5.26 Å². The molecule has 102 valence electrons. The molecule has 2 aromatic rings. The minimum atomic E-state index is -4.50. The fourth-order valence-corrected chi connectivity index (χ4v) is 1.67. The molecule has 0 unspecified atom stereocenters. The lowest BCUT2D eigenvalue weighted by atomic mass is 10.2. The Kier molecular flexibility index (Phi) is 3.77. The van der Waals surface area contributed by atoms with Crippen LogP contribution in [0.5, 0.6) is 0 Å². The molecule has 0 fully saturated rings. The van der Waals surface area contributed by atoms with E-state index in [4.69, 9.17) is 16.9 Å². The van der Waals surface area contributed by atoms with Gasteiger partial charge in [0.05, 0.1) is 5.56 Å². The van der Waals surface area contributed by atoms with Crippen LogP contribution in [0.4, 0.5) is 24.8 Å². The molecule has 0 saturated heterocycles. The quantitative estimate of drug-likeness (QED) is 0.917. The lowest BCUT2D eigenvalue weighted by molar-refractivity contribution is -0.137. The lowest BCUT2D eigenvalue weighted by Crippen LogP contribution is -2.06. The summed E-state index contributed by atoms with van der Waals surface area (Å²) < 4.78 is 37.9. The molecule has 20 heavy (non-hydrogen) atoms. The van der Waals surface area contributed by atoms with Crippen molar-refractivity contribution >= 4 is 23.2 Å². The standard InChI is InChI=1S/C12H6ClF3N4/c13-8-3-7(12(14,15)16)4-10(5-8)20-11-18-2-1-9(6-17)19-11/h1-5H,(H,18,19,20). The maximum atomic E-state index is 12.6. The van der Waals surface area contributed by atoms with Crippen LogP contribution in [0.15, 0.2) is 30.5 Å². The summed E-state index contributed by atoms with van der Waals surface area (Å²) in [7, 11) is 0. The van der Waals surface area contributed by atoms with Crippen LogP contribution in [0.25, 0.3) is 0 Å². The maximum Gasteiger partial charge on any atom is 0.416 e. The number of halogens is 4. The van der Waals surface area contributed by atoms with Crippen molar-refractivity contribution < 1.29 is 13.2 Å². The number of alkyl halides is 3.